The lowest BCUT2D eigenvalue weighted by atomic mass is 10.3. The molecule has 2 rings (SSSR count). The Morgan fingerprint density at radius 2 is 1.70 bits per heavy atom. The highest BCUT2D eigenvalue weighted by atomic mass is 79.9. The molecular weight excluding hydrogens is 408 g/mol. The monoisotopic (exact) mass is 424 g/mol. The van der Waals surface area contributed by atoms with Crippen LogP contribution in [0.3, 0.4) is 0 Å². The number of benzene rings is 1. The van der Waals surface area contributed by atoms with Gasteiger partial charge in [0.25, 0.3) is 0 Å². The molecular formula is C13H18Br2N2O2S. The maximum Gasteiger partial charge on any atom is 0.244 e. The first-order valence-electron chi connectivity index (χ1n) is 6.51. The van der Waals surface area contributed by atoms with Gasteiger partial charge in [-0.2, -0.15) is 4.31 Å². The van der Waals surface area contributed by atoms with E-state index in [4.69, 9.17) is 0 Å². The number of hydrogen-bond acceptors (Lipinski definition) is 3. The van der Waals surface area contributed by atoms with Gasteiger partial charge in [-0.3, -0.25) is 4.90 Å². The molecule has 1 saturated heterocycles. The summed E-state index contributed by atoms with van der Waals surface area (Å²) < 4.78 is 28.3. The fourth-order valence-electron chi connectivity index (χ4n) is 2.27. The molecule has 20 heavy (non-hydrogen) atoms. The third-order valence-electron chi connectivity index (χ3n) is 3.51. The summed E-state index contributed by atoms with van der Waals surface area (Å²) in [6, 6.07) is 5.67. The van der Waals surface area contributed by atoms with Crippen LogP contribution in [0, 0.1) is 0 Å². The first kappa shape index (κ1) is 16.4. The second kappa shape index (κ2) is 6.44. The average molecular weight is 426 g/mol. The molecule has 0 saturated carbocycles. The second-order valence-electron chi connectivity index (χ2n) is 5.11. The molecule has 1 heterocycles. The molecule has 1 aromatic carbocycles. The third-order valence-corrected chi connectivity index (χ3v) is 6.90. The molecule has 0 N–H and O–H groups in total. The molecule has 1 fully saturated rings. The molecule has 0 aromatic heterocycles. The third kappa shape index (κ3) is 3.44. The molecule has 0 unspecified atom stereocenters. The van der Waals surface area contributed by atoms with Crippen molar-refractivity contribution in [2.75, 3.05) is 26.2 Å². The van der Waals surface area contributed by atoms with Crippen LogP contribution < -0.4 is 0 Å². The normalized spacial score (nSPS) is 18.6. The molecule has 0 bridgehead atoms. The first-order chi connectivity index (χ1) is 9.32. The van der Waals surface area contributed by atoms with Crippen molar-refractivity contribution in [3.05, 3.63) is 27.1 Å². The van der Waals surface area contributed by atoms with E-state index in [1.807, 2.05) is 6.07 Å². The van der Waals surface area contributed by atoms with Crippen LogP contribution in [-0.2, 0) is 10.0 Å². The zero-order chi connectivity index (χ0) is 14.9. The molecule has 0 atom stereocenters. The highest BCUT2D eigenvalue weighted by Crippen LogP contribution is 2.28. The van der Waals surface area contributed by atoms with Crippen molar-refractivity contribution >= 4 is 41.9 Å². The molecule has 1 aliphatic rings. The van der Waals surface area contributed by atoms with Crippen LogP contribution in [0.25, 0.3) is 0 Å². The molecule has 0 amide bonds. The summed E-state index contributed by atoms with van der Waals surface area (Å²) in [4.78, 5) is 2.62. The fraction of sp³-hybridized carbons (Fsp3) is 0.538. The minimum absolute atomic E-state index is 0.324. The number of nitrogens with zero attached hydrogens (tertiary/aromatic N) is 2. The van der Waals surface area contributed by atoms with Gasteiger partial charge in [0.2, 0.25) is 10.0 Å². The lowest BCUT2D eigenvalue weighted by Crippen LogP contribution is -2.50. The summed E-state index contributed by atoms with van der Waals surface area (Å²) in [6.45, 7) is 6.91. The van der Waals surface area contributed by atoms with E-state index in [-0.39, 0.29) is 0 Å². The molecule has 0 aliphatic carbocycles. The van der Waals surface area contributed by atoms with Crippen molar-refractivity contribution in [2.45, 2.75) is 24.8 Å². The van der Waals surface area contributed by atoms with Crippen molar-refractivity contribution < 1.29 is 8.42 Å². The maximum absolute atomic E-state index is 12.7. The number of hydrogen-bond donors (Lipinski definition) is 0. The number of piperazine rings is 1. The van der Waals surface area contributed by atoms with Gasteiger partial charge in [-0.25, -0.2) is 8.42 Å². The predicted octanol–water partition coefficient (Wildman–Crippen LogP) is 2.93. The number of rotatable bonds is 3. The van der Waals surface area contributed by atoms with E-state index >= 15 is 0 Å². The summed E-state index contributed by atoms with van der Waals surface area (Å²) in [7, 11) is -3.43. The van der Waals surface area contributed by atoms with Crippen molar-refractivity contribution in [2.24, 2.45) is 0 Å². The summed E-state index contributed by atoms with van der Waals surface area (Å²) >= 11 is 6.66. The number of halogens is 2. The van der Waals surface area contributed by atoms with Gasteiger partial charge < -0.3 is 0 Å². The molecule has 0 spiro atoms. The minimum Gasteiger partial charge on any atom is -0.298 e. The van der Waals surface area contributed by atoms with Crippen LogP contribution in [0.15, 0.2) is 32.0 Å². The minimum atomic E-state index is -3.43. The summed E-state index contributed by atoms with van der Waals surface area (Å²) in [5, 5.41) is 0. The van der Waals surface area contributed by atoms with Crippen molar-refractivity contribution in [1.82, 2.24) is 9.21 Å². The van der Waals surface area contributed by atoms with E-state index in [0.29, 0.717) is 28.5 Å². The van der Waals surface area contributed by atoms with E-state index in [2.05, 4.69) is 50.6 Å². The standard InChI is InChI=1S/C13H18Br2N2O2S/c1-10(2)16-5-7-17(8-6-16)20(18,19)13-9-11(14)3-4-12(13)15/h3-4,9-10H,5-8H2,1-2H3. The van der Waals surface area contributed by atoms with E-state index in [0.717, 1.165) is 17.6 Å². The van der Waals surface area contributed by atoms with Crippen LogP contribution in [0.5, 0.6) is 0 Å². The molecule has 4 nitrogen and oxygen atoms in total. The van der Waals surface area contributed by atoms with Gasteiger partial charge in [-0.15, -0.1) is 0 Å². The topological polar surface area (TPSA) is 40.6 Å². The van der Waals surface area contributed by atoms with E-state index in [1.54, 1.807) is 16.4 Å². The lowest BCUT2D eigenvalue weighted by molar-refractivity contribution is 0.154. The second-order valence-corrected chi connectivity index (χ2v) is 8.78. The van der Waals surface area contributed by atoms with Crippen LogP contribution in [0.4, 0.5) is 0 Å². The van der Waals surface area contributed by atoms with Gasteiger partial charge in [0.1, 0.15) is 0 Å². The molecule has 1 aromatic rings. The van der Waals surface area contributed by atoms with E-state index in [9.17, 15) is 8.42 Å². The largest absolute Gasteiger partial charge is 0.298 e. The van der Waals surface area contributed by atoms with Gasteiger partial charge in [0.05, 0.1) is 4.90 Å². The average Bonchev–Trinajstić information content (AvgIpc) is 2.41. The number of sulfonamides is 1. The zero-order valence-electron chi connectivity index (χ0n) is 11.5. The summed E-state index contributed by atoms with van der Waals surface area (Å²) in [6.07, 6.45) is 0. The Morgan fingerprint density at radius 3 is 2.25 bits per heavy atom. The zero-order valence-corrected chi connectivity index (χ0v) is 15.5. The van der Waals surface area contributed by atoms with Gasteiger partial charge >= 0.3 is 0 Å². The Labute approximate surface area is 137 Å². The highest BCUT2D eigenvalue weighted by molar-refractivity contribution is 9.11. The quantitative estimate of drug-likeness (QED) is 0.747. The molecule has 1 aliphatic heterocycles. The van der Waals surface area contributed by atoms with Crippen LogP contribution in [-0.4, -0.2) is 49.8 Å². The fourth-order valence-corrected chi connectivity index (χ4v) is 5.16. The maximum atomic E-state index is 12.7. The Morgan fingerprint density at radius 1 is 1.10 bits per heavy atom. The van der Waals surface area contributed by atoms with Gasteiger partial charge in [-0.05, 0) is 48.0 Å². The lowest BCUT2D eigenvalue weighted by Gasteiger charge is -2.36. The highest BCUT2D eigenvalue weighted by Gasteiger charge is 2.30. The van der Waals surface area contributed by atoms with Crippen LogP contribution in [0.2, 0.25) is 0 Å². The van der Waals surface area contributed by atoms with Crippen LogP contribution in [0.1, 0.15) is 13.8 Å². The first-order valence-corrected chi connectivity index (χ1v) is 9.54. The van der Waals surface area contributed by atoms with Crippen molar-refractivity contribution in [3.63, 3.8) is 0 Å². The van der Waals surface area contributed by atoms with Gasteiger partial charge in [0, 0.05) is 41.2 Å². The Kier molecular flexibility index (Phi) is 5.29. The van der Waals surface area contributed by atoms with E-state index in [1.165, 1.54) is 0 Å². The SMILES string of the molecule is CC(C)N1CCN(S(=O)(=O)c2cc(Br)ccc2Br)CC1. The Hall–Kier alpha value is 0.0500. The molecule has 0 radical (unpaired) electrons. The summed E-state index contributed by atoms with van der Waals surface area (Å²) in [5.41, 5.74) is 0. The Bertz CT molecular complexity index is 582. The Balaban J connectivity index is 2.22. The van der Waals surface area contributed by atoms with Gasteiger partial charge in [-0.1, -0.05) is 15.9 Å². The predicted molar refractivity (Wildman–Crippen MR) is 87.3 cm³/mol. The van der Waals surface area contributed by atoms with Crippen molar-refractivity contribution in [1.29, 1.82) is 0 Å². The smallest absolute Gasteiger partial charge is 0.244 e. The van der Waals surface area contributed by atoms with Crippen LogP contribution >= 0.6 is 31.9 Å². The molecule has 7 heteroatoms. The molecule has 112 valence electrons. The summed E-state index contributed by atoms with van der Waals surface area (Å²) in [5.74, 6) is 0. The van der Waals surface area contributed by atoms with Gasteiger partial charge in [0.15, 0.2) is 0 Å². The van der Waals surface area contributed by atoms with Crippen molar-refractivity contribution in [3.8, 4) is 0 Å². The van der Waals surface area contributed by atoms with E-state index < -0.39 is 10.0 Å².